The minimum atomic E-state index is 0.0564. The summed E-state index contributed by atoms with van der Waals surface area (Å²) in [5.74, 6) is 2.57. The van der Waals surface area contributed by atoms with E-state index in [4.69, 9.17) is 6.42 Å². The minimum absolute atomic E-state index is 0.0564. The van der Waals surface area contributed by atoms with E-state index >= 15 is 0 Å². The molecule has 3 heteroatoms. The molecule has 1 amide bonds. The number of carbonyl (C=O) groups excluding carboxylic acids is 1. The van der Waals surface area contributed by atoms with Gasteiger partial charge in [-0.25, -0.2) is 0 Å². The Kier molecular flexibility index (Phi) is 6.87. The zero-order chi connectivity index (χ0) is 11.0. The van der Waals surface area contributed by atoms with Crippen LogP contribution in [0, 0.1) is 12.3 Å². The molecular formula is C11H20N2O. The molecule has 14 heavy (non-hydrogen) atoms. The highest BCUT2D eigenvalue weighted by atomic mass is 16.1. The number of hydrogen-bond acceptors (Lipinski definition) is 2. The standard InChI is InChI=1S/C11H20N2O/c1-5-6-10(4)13-11(14)7-8-12-9(2)3/h1,9-10,12H,6-8H2,2-4H3,(H,13,14). The predicted molar refractivity (Wildman–Crippen MR) is 58.8 cm³/mol. The van der Waals surface area contributed by atoms with Crippen molar-refractivity contribution in [3.05, 3.63) is 0 Å². The lowest BCUT2D eigenvalue weighted by Crippen LogP contribution is -2.35. The maximum atomic E-state index is 11.3. The highest BCUT2D eigenvalue weighted by molar-refractivity contribution is 5.76. The van der Waals surface area contributed by atoms with E-state index in [0.29, 0.717) is 25.4 Å². The van der Waals surface area contributed by atoms with Gasteiger partial charge in [0.1, 0.15) is 0 Å². The van der Waals surface area contributed by atoms with Crippen molar-refractivity contribution < 1.29 is 4.79 Å². The van der Waals surface area contributed by atoms with Gasteiger partial charge in [-0.1, -0.05) is 13.8 Å². The molecule has 0 aliphatic carbocycles. The van der Waals surface area contributed by atoms with E-state index in [-0.39, 0.29) is 11.9 Å². The Balaban J connectivity index is 3.51. The van der Waals surface area contributed by atoms with Crippen LogP contribution in [0.3, 0.4) is 0 Å². The zero-order valence-corrected chi connectivity index (χ0v) is 9.26. The summed E-state index contributed by atoms with van der Waals surface area (Å²) >= 11 is 0. The molecule has 0 bridgehead atoms. The first-order valence-electron chi connectivity index (χ1n) is 5.02. The smallest absolute Gasteiger partial charge is 0.221 e. The summed E-state index contributed by atoms with van der Waals surface area (Å²) in [6.45, 7) is 6.73. The first-order chi connectivity index (χ1) is 6.56. The Bertz CT molecular complexity index is 206. The van der Waals surface area contributed by atoms with Gasteiger partial charge in [0.15, 0.2) is 0 Å². The average molecular weight is 196 g/mol. The molecule has 0 spiro atoms. The van der Waals surface area contributed by atoms with Crippen LogP contribution in [0.15, 0.2) is 0 Å². The Hall–Kier alpha value is -1.01. The van der Waals surface area contributed by atoms with Crippen molar-refractivity contribution in [3.63, 3.8) is 0 Å². The van der Waals surface area contributed by atoms with Gasteiger partial charge in [0, 0.05) is 31.5 Å². The average Bonchev–Trinajstić information content (AvgIpc) is 2.03. The molecule has 1 atom stereocenters. The minimum Gasteiger partial charge on any atom is -0.353 e. The van der Waals surface area contributed by atoms with Crippen LogP contribution in [0.1, 0.15) is 33.6 Å². The Morgan fingerprint density at radius 2 is 2.07 bits per heavy atom. The molecule has 0 radical (unpaired) electrons. The van der Waals surface area contributed by atoms with Crippen molar-refractivity contribution in [2.24, 2.45) is 0 Å². The highest BCUT2D eigenvalue weighted by Gasteiger charge is 2.05. The third-order valence-corrected chi connectivity index (χ3v) is 1.74. The van der Waals surface area contributed by atoms with Gasteiger partial charge >= 0.3 is 0 Å². The van der Waals surface area contributed by atoms with Crippen LogP contribution < -0.4 is 10.6 Å². The summed E-state index contributed by atoms with van der Waals surface area (Å²) < 4.78 is 0. The summed E-state index contributed by atoms with van der Waals surface area (Å²) in [7, 11) is 0. The quantitative estimate of drug-likeness (QED) is 0.620. The second-order valence-corrected chi connectivity index (χ2v) is 3.74. The summed E-state index contributed by atoms with van der Waals surface area (Å²) in [6.07, 6.45) is 6.23. The molecule has 3 nitrogen and oxygen atoms in total. The molecule has 1 unspecified atom stereocenters. The first kappa shape index (κ1) is 13.0. The van der Waals surface area contributed by atoms with E-state index in [9.17, 15) is 4.79 Å². The Morgan fingerprint density at radius 1 is 1.43 bits per heavy atom. The van der Waals surface area contributed by atoms with Gasteiger partial charge in [0.25, 0.3) is 0 Å². The number of carbonyl (C=O) groups is 1. The molecule has 0 rings (SSSR count). The third-order valence-electron chi connectivity index (χ3n) is 1.74. The lowest BCUT2D eigenvalue weighted by atomic mass is 10.2. The number of hydrogen-bond donors (Lipinski definition) is 2. The molecule has 0 saturated heterocycles. The summed E-state index contributed by atoms with van der Waals surface area (Å²) in [6, 6.07) is 0.498. The van der Waals surface area contributed by atoms with Gasteiger partial charge in [-0.2, -0.15) is 0 Å². The van der Waals surface area contributed by atoms with Crippen LogP contribution >= 0.6 is 0 Å². The maximum Gasteiger partial charge on any atom is 0.221 e. The van der Waals surface area contributed by atoms with E-state index in [2.05, 4.69) is 30.4 Å². The van der Waals surface area contributed by atoms with Crippen molar-refractivity contribution in [3.8, 4) is 12.3 Å². The zero-order valence-electron chi connectivity index (χ0n) is 9.26. The molecule has 0 aromatic rings. The van der Waals surface area contributed by atoms with Crippen molar-refractivity contribution in [2.75, 3.05) is 6.54 Å². The Labute approximate surface area is 86.6 Å². The SMILES string of the molecule is C#CCC(C)NC(=O)CCNC(C)C. The van der Waals surface area contributed by atoms with Crippen LogP contribution in [0.5, 0.6) is 0 Å². The Morgan fingerprint density at radius 3 is 2.57 bits per heavy atom. The lowest BCUT2D eigenvalue weighted by molar-refractivity contribution is -0.121. The van der Waals surface area contributed by atoms with Crippen LogP contribution in [0.2, 0.25) is 0 Å². The molecule has 0 heterocycles. The van der Waals surface area contributed by atoms with Crippen LogP contribution in [0.4, 0.5) is 0 Å². The van der Waals surface area contributed by atoms with E-state index in [1.54, 1.807) is 0 Å². The summed E-state index contributed by atoms with van der Waals surface area (Å²) in [5, 5.41) is 6.01. The largest absolute Gasteiger partial charge is 0.353 e. The van der Waals surface area contributed by atoms with Gasteiger partial charge < -0.3 is 10.6 Å². The monoisotopic (exact) mass is 196 g/mol. The molecule has 0 saturated carbocycles. The number of rotatable bonds is 6. The fourth-order valence-corrected chi connectivity index (χ4v) is 1.05. The van der Waals surface area contributed by atoms with Gasteiger partial charge in [-0.05, 0) is 6.92 Å². The highest BCUT2D eigenvalue weighted by Crippen LogP contribution is 1.89. The molecule has 0 aromatic carbocycles. The number of terminal acetylenes is 1. The van der Waals surface area contributed by atoms with Crippen LogP contribution in [-0.4, -0.2) is 24.5 Å². The molecule has 2 N–H and O–H groups in total. The van der Waals surface area contributed by atoms with E-state index in [1.165, 1.54) is 0 Å². The second-order valence-electron chi connectivity index (χ2n) is 3.74. The van der Waals surface area contributed by atoms with E-state index in [0.717, 1.165) is 0 Å². The predicted octanol–water partition coefficient (Wildman–Crippen LogP) is 0.902. The van der Waals surface area contributed by atoms with E-state index in [1.807, 2.05) is 6.92 Å². The summed E-state index contributed by atoms with van der Waals surface area (Å²) in [5.41, 5.74) is 0. The molecule has 0 aromatic heterocycles. The fraction of sp³-hybridized carbons (Fsp3) is 0.727. The molecule has 80 valence electrons. The number of amides is 1. The normalized spacial score (nSPS) is 12.2. The molecule has 0 aliphatic heterocycles. The van der Waals surface area contributed by atoms with Crippen molar-refractivity contribution >= 4 is 5.91 Å². The molecule has 0 fully saturated rings. The van der Waals surface area contributed by atoms with Crippen molar-refractivity contribution in [1.82, 2.24) is 10.6 Å². The summed E-state index contributed by atoms with van der Waals surface area (Å²) in [4.78, 5) is 11.3. The lowest BCUT2D eigenvalue weighted by Gasteiger charge is -2.12. The van der Waals surface area contributed by atoms with Crippen molar-refractivity contribution in [1.29, 1.82) is 0 Å². The van der Waals surface area contributed by atoms with Crippen LogP contribution in [-0.2, 0) is 4.79 Å². The number of nitrogens with one attached hydrogen (secondary N) is 2. The fourth-order valence-electron chi connectivity index (χ4n) is 1.05. The van der Waals surface area contributed by atoms with Gasteiger partial charge in [0.2, 0.25) is 5.91 Å². The molecular weight excluding hydrogens is 176 g/mol. The topological polar surface area (TPSA) is 41.1 Å². The third kappa shape index (κ3) is 7.63. The first-order valence-corrected chi connectivity index (χ1v) is 5.02. The van der Waals surface area contributed by atoms with Crippen molar-refractivity contribution in [2.45, 2.75) is 45.7 Å². The second kappa shape index (κ2) is 7.40. The van der Waals surface area contributed by atoms with Gasteiger partial charge in [-0.15, -0.1) is 12.3 Å². The van der Waals surface area contributed by atoms with E-state index < -0.39 is 0 Å². The van der Waals surface area contributed by atoms with Crippen LogP contribution in [0.25, 0.3) is 0 Å². The molecule has 0 aliphatic rings. The maximum absolute atomic E-state index is 11.3. The van der Waals surface area contributed by atoms with Gasteiger partial charge in [0.05, 0.1) is 0 Å². The van der Waals surface area contributed by atoms with Gasteiger partial charge in [-0.3, -0.25) is 4.79 Å².